The Balaban J connectivity index is 1.60. The zero-order valence-electron chi connectivity index (χ0n) is 16.6. The number of sulfonamides is 1. The fraction of sp³-hybridized carbons (Fsp3) is 0.350. The summed E-state index contributed by atoms with van der Waals surface area (Å²) < 4.78 is 32.2. The van der Waals surface area contributed by atoms with Crippen molar-refractivity contribution in [2.45, 2.75) is 17.9 Å². The van der Waals surface area contributed by atoms with E-state index in [9.17, 15) is 13.2 Å². The van der Waals surface area contributed by atoms with Crippen LogP contribution in [0, 0.1) is 0 Å². The largest absolute Gasteiger partial charge is 0.495 e. The van der Waals surface area contributed by atoms with Crippen LogP contribution in [0.4, 0.5) is 5.69 Å². The number of hydrogen-bond acceptors (Lipinski definition) is 5. The molecule has 1 N–H and O–H groups in total. The number of methoxy groups -OCH3 is 1. The third-order valence-corrected chi connectivity index (χ3v) is 7.48. The normalized spacial score (nSPS) is 16.8. The summed E-state index contributed by atoms with van der Waals surface area (Å²) in [5, 5.41) is 3.62. The highest BCUT2D eigenvalue weighted by Crippen LogP contribution is 2.27. The van der Waals surface area contributed by atoms with Crippen molar-refractivity contribution in [3.8, 4) is 5.75 Å². The van der Waals surface area contributed by atoms with Crippen molar-refractivity contribution < 1.29 is 17.9 Å². The first-order valence-corrected chi connectivity index (χ1v) is 11.6. The molecule has 0 spiro atoms. The summed E-state index contributed by atoms with van der Waals surface area (Å²) in [6.45, 7) is 3.26. The van der Waals surface area contributed by atoms with Gasteiger partial charge in [0.15, 0.2) is 0 Å². The van der Waals surface area contributed by atoms with Gasteiger partial charge in [0, 0.05) is 36.9 Å². The van der Waals surface area contributed by atoms with Gasteiger partial charge in [-0.15, -0.1) is 0 Å². The number of nitrogens with zero attached hydrogens (tertiary/aromatic N) is 2. The molecule has 0 radical (unpaired) electrons. The van der Waals surface area contributed by atoms with Crippen LogP contribution in [0.1, 0.15) is 6.92 Å². The van der Waals surface area contributed by atoms with Crippen molar-refractivity contribution in [1.82, 2.24) is 9.21 Å². The molecule has 3 rings (SSSR count). The molecule has 30 heavy (non-hydrogen) atoms. The van der Waals surface area contributed by atoms with Crippen LogP contribution in [0.25, 0.3) is 0 Å². The SMILES string of the molecule is COc1ccc(NC(=O)C(C)N2CCN(S(=O)(=O)c3cccc(Cl)c3)CC2)cc1Cl. The van der Waals surface area contributed by atoms with E-state index in [2.05, 4.69) is 5.32 Å². The van der Waals surface area contributed by atoms with Gasteiger partial charge in [0.1, 0.15) is 5.75 Å². The summed E-state index contributed by atoms with van der Waals surface area (Å²) in [5.74, 6) is 0.335. The Bertz CT molecular complexity index is 1020. The molecule has 0 aliphatic carbocycles. The maximum absolute atomic E-state index is 12.8. The number of hydrogen-bond donors (Lipinski definition) is 1. The third-order valence-electron chi connectivity index (χ3n) is 5.05. The average molecular weight is 472 g/mol. The Morgan fingerprint density at radius 3 is 2.40 bits per heavy atom. The van der Waals surface area contributed by atoms with Crippen molar-refractivity contribution in [2.75, 3.05) is 38.6 Å². The van der Waals surface area contributed by atoms with Crippen LogP contribution in [0.3, 0.4) is 0 Å². The van der Waals surface area contributed by atoms with Crippen molar-refractivity contribution in [3.05, 3.63) is 52.5 Å². The van der Waals surface area contributed by atoms with Gasteiger partial charge in [0.05, 0.1) is 23.1 Å². The molecule has 0 bridgehead atoms. The standard InChI is InChI=1S/C20H23Cl2N3O4S/c1-14(20(26)23-16-6-7-19(29-2)18(22)13-16)24-8-10-25(11-9-24)30(27,28)17-5-3-4-15(21)12-17/h3-7,12-14H,8-11H2,1-2H3,(H,23,26). The minimum atomic E-state index is -3.62. The van der Waals surface area contributed by atoms with E-state index in [1.807, 2.05) is 4.90 Å². The predicted molar refractivity (Wildman–Crippen MR) is 118 cm³/mol. The lowest BCUT2D eigenvalue weighted by Gasteiger charge is -2.36. The minimum Gasteiger partial charge on any atom is -0.495 e. The van der Waals surface area contributed by atoms with Gasteiger partial charge >= 0.3 is 0 Å². The number of rotatable bonds is 6. The first kappa shape index (κ1) is 22.8. The highest BCUT2D eigenvalue weighted by Gasteiger charge is 2.32. The number of carbonyl (C=O) groups is 1. The molecular formula is C20H23Cl2N3O4S. The zero-order chi connectivity index (χ0) is 21.9. The van der Waals surface area contributed by atoms with Crippen LogP contribution in [0.2, 0.25) is 10.0 Å². The van der Waals surface area contributed by atoms with E-state index in [1.54, 1.807) is 37.3 Å². The Hall–Kier alpha value is -1.84. The minimum absolute atomic E-state index is 0.172. The molecule has 162 valence electrons. The highest BCUT2D eigenvalue weighted by atomic mass is 35.5. The van der Waals surface area contributed by atoms with Crippen molar-refractivity contribution in [3.63, 3.8) is 0 Å². The number of ether oxygens (including phenoxy) is 1. The first-order valence-electron chi connectivity index (χ1n) is 9.36. The summed E-state index contributed by atoms with van der Waals surface area (Å²) >= 11 is 12.0. The molecule has 1 amide bonds. The van der Waals surface area contributed by atoms with Gasteiger partial charge < -0.3 is 10.1 Å². The van der Waals surface area contributed by atoms with Gasteiger partial charge in [-0.25, -0.2) is 8.42 Å². The number of halogens is 2. The van der Waals surface area contributed by atoms with Gasteiger partial charge in [-0.05, 0) is 43.3 Å². The van der Waals surface area contributed by atoms with Crippen molar-refractivity contribution >= 4 is 44.8 Å². The predicted octanol–water partition coefficient (Wildman–Crippen LogP) is 3.34. The molecule has 1 atom stereocenters. The lowest BCUT2D eigenvalue weighted by molar-refractivity contribution is -0.121. The van der Waals surface area contributed by atoms with Gasteiger partial charge in [-0.1, -0.05) is 29.3 Å². The average Bonchev–Trinajstić information content (AvgIpc) is 2.73. The number of anilines is 1. The molecule has 7 nitrogen and oxygen atoms in total. The summed E-state index contributed by atoms with van der Waals surface area (Å²) in [6.07, 6.45) is 0. The number of nitrogens with one attached hydrogen (secondary N) is 1. The van der Waals surface area contributed by atoms with Gasteiger partial charge in [-0.2, -0.15) is 4.31 Å². The van der Waals surface area contributed by atoms with Crippen LogP contribution < -0.4 is 10.1 Å². The topological polar surface area (TPSA) is 79.0 Å². The highest BCUT2D eigenvalue weighted by molar-refractivity contribution is 7.89. The van der Waals surface area contributed by atoms with Crippen LogP contribution in [0.5, 0.6) is 5.75 Å². The Morgan fingerprint density at radius 1 is 1.10 bits per heavy atom. The van der Waals surface area contributed by atoms with E-state index >= 15 is 0 Å². The molecule has 2 aromatic carbocycles. The molecular weight excluding hydrogens is 449 g/mol. The number of piperazine rings is 1. The summed E-state index contributed by atoms with van der Waals surface area (Å²) in [4.78, 5) is 14.8. The lowest BCUT2D eigenvalue weighted by Crippen LogP contribution is -2.53. The molecule has 0 saturated carbocycles. The molecule has 1 fully saturated rings. The maximum atomic E-state index is 12.8. The fourth-order valence-electron chi connectivity index (χ4n) is 3.26. The smallest absolute Gasteiger partial charge is 0.243 e. The number of benzene rings is 2. The molecule has 10 heteroatoms. The van der Waals surface area contributed by atoms with Gasteiger partial charge in [-0.3, -0.25) is 9.69 Å². The Morgan fingerprint density at radius 2 is 1.80 bits per heavy atom. The molecule has 2 aromatic rings. The third kappa shape index (κ3) is 5.07. The molecule has 1 unspecified atom stereocenters. The van der Waals surface area contributed by atoms with E-state index < -0.39 is 16.1 Å². The van der Waals surface area contributed by atoms with E-state index in [0.717, 1.165) is 0 Å². The Labute approximate surface area is 186 Å². The monoisotopic (exact) mass is 471 g/mol. The van der Waals surface area contributed by atoms with Crippen LogP contribution in [0.15, 0.2) is 47.4 Å². The first-order chi connectivity index (χ1) is 14.2. The van der Waals surface area contributed by atoms with E-state index in [-0.39, 0.29) is 10.8 Å². The van der Waals surface area contributed by atoms with Crippen LogP contribution in [-0.4, -0.2) is 62.9 Å². The van der Waals surface area contributed by atoms with E-state index in [0.29, 0.717) is 47.7 Å². The summed E-state index contributed by atoms with van der Waals surface area (Å²) in [7, 11) is -2.10. The Kier molecular flexibility index (Phi) is 7.26. The summed E-state index contributed by atoms with van der Waals surface area (Å²) in [6, 6.07) is 10.8. The molecule has 1 aliphatic heterocycles. The van der Waals surface area contributed by atoms with E-state index in [4.69, 9.17) is 27.9 Å². The second-order valence-corrected chi connectivity index (χ2v) is 9.69. The zero-order valence-corrected chi connectivity index (χ0v) is 19.0. The fourth-order valence-corrected chi connectivity index (χ4v) is 5.25. The van der Waals surface area contributed by atoms with Gasteiger partial charge in [0.25, 0.3) is 0 Å². The van der Waals surface area contributed by atoms with Gasteiger partial charge in [0.2, 0.25) is 15.9 Å². The molecule has 1 saturated heterocycles. The quantitative estimate of drug-likeness (QED) is 0.698. The van der Waals surface area contributed by atoms with E-state index in [1.165, 1.54) is 23.5 Å². The van der Waals surface area contributed by atoms with Crippen molar-refractivity contribution in [1.29, 1.82) is 0 Å². The second kappa shape index (κ2) is 9.53. The second-order valence-electron chi connectivity index (χ2n) is 6.91. The number of carbonyl (C=O) groups excluding carboxylic acids is 1. The maximum Gasteiger partial charge on any atom is 0.243 e. The lowest BCUT2D eigenvalue weighted by atomic mass is 10.2. The van der Waals surface area contributed by atoms with Crippen LogP contribution in [-0.2, 0) is 14.8 Å². The summed E-state index contributed by atoms with van der Waals surface area (Å²) in [5.41, 5.74) is 0.569. The molecule has 1 aliphatic rings. The molecule has 0 aromatic heterocycles. The molecule has 1 heterocycles. The van der Waals surface area contributed by atoms with Crippen LogP contribution >= 0.6 is 23.2 Å². The van der Waals surface area contributed by atoms with Crippen molar-refractivity contribution in [2.24, 2.45) is 0 Å². The number of amides is 1.